The van der Waals surface area contributed by atoms with Gasteiger partial charge in [-0.25, -0.2) is 9.97 Å². The van der Waals surface area contributed by atoms with Crippen LogP contribution in [0.15, 0.2) is 21.4 Å². The highest BCUT2D eigenvalue weighted by molar-refractivity contribution is 9.11. The molecular formula is C12H10BrClN4. The van der Waals surface area contributed by atoms with E-state index >= 15 is 0 Å². The van der Waals surface area contributed by atoms with Gasteiger partial charge in [-0.05, 0) is 36.9 Å². The zero-order valence-electron chi connectivity index (χ0n) is 9.69. The summed E-state index contributed by atoms with van der Waals surface area (Å²) in [4.78, 5) is 12.4. The predicted octanol–water partition coefficient (Wildman–Crippen LogP) is 3.52. The molecular weight excluding hydrogens is 316 g/mol. The minimum absolute atomic E-state index is 0.146. The van der Waals surface area contributed by atoms with Gasteiger partial charge in [0, 0.05) is 16.9 Å². The first-order chi connectivity index (χ1) is 8.63. The van der Waals surface area contributed by atoms with E-state index in [1.54, 1.807) is 6.20 Å². The highest BCUT2D eigenvalue weighted by Gasteiger charge is 2.24. The third-order valence-electron chi connectivity index (χ3n) is 2.66. The first-order valence-electron chi connectivity index (χ1n) is 5.43. The van der Waals surface area contributed by atoms with E-state index < -0.39 is 5.92 Å². The van der Waals surface area contributed by atoms with Gasteiger partial charge in [0.2, 0.25) is 5.28 Å². The summed E-state index contributed by atoms with van der Waals surface area (Å²) in [6.07, 6.45) is 5.18. The number of rotatable bonds is 2. The third-order valence-corrected chi connectivity index (χ3v) is 3.64. The number of aromatic nitrogens is 2. The first kappa shape index (κ1) is 13.2. The molecule has 1 atom stereocenters. The molecule has 0 fully saturated rings. The molecule has 0 saturated heterocycles. The van der Waals surface area contributed by atoms with Gasteiger partial charge in [0.15, 0.2) is 0 Å². The van der Waals surface area contributed by atoms with Crippen LogP contribution >= 0.6 is 27.5 Å². The van der Waals surface area contributed by atoms with Crippen LogP contribution in [0.5, 0.6) is 0 Å². The molecule has 0 radical (unpaired) electrons. The second kappa shape index (κ2) is 5.59. The molecule has 0 saturated carbocycles. The Morgan fingerprint density at radius 3 is 3.00 bits per heavy atom. The summed E-state index contributed by atoms with van der Waals surface area (Å²) in [6.45, 7) is 1.86. The van der Waals surface area contributed by atoms with Crippen LogP contribution in [0.4, 0.5) is 0 Å². The quantitative estimate of drug-likeness (QED) is 0.782. The summed E-state index contributed by atoms with van der Waals surface area (Å²) in [7, 11) is 0. The molecule has 18 heavy (non-hydrogen) atoms. The van der Waals surface area contributed by atoms with E-state index in [1.165, 1.54) is 0 Å². The number of halogens is 2. The number of hydrogen-bond donors (Lipinski definition) is 0. The molecule has 0 aliphatic carbocycles. The van der Waals surface area contributed by atoms with Crippen LogP contribution < -0.4 is 0 Å². The standard InChI is InChI=1S/C12H10BrClN4/c1-7-6-17-12(14)18-10(7)8(5-15)11-9(13)3-2-4-16-11/h4,6,8H,2-3H2,1H3. The molecule has 1 aliphatic heterocycles. The van der Waals surface area contributed by atoms with E-state index in [0.717, 1.165) is 22.9 Å². The Morgan fingerprint density at radius 2 is 2.33 bits per heavy atom. The molecule has 2 rings (SSSR count). The number of aryl methyl sites for hydroxylation is 1. The fourth-order valence-electron chi connectivity index (χ4n) is 1.76. The van der Waals surface area contributed by atoms with Crippen LogP contribution in [0, 0.1) is 18.3 Å². The van der Waals surface area contributed by atoms with E-state index in [4.69, 9.17) is 11.6 Å². The van der Waals surface area contributed by atoms with Crippen LogP contribution in [0.1, 0.15) is 30.0 Å². The number of nitrogens with zero attached hydrogens (tertiary/aromatic N) is 4. The minimum Gasteiger partial charge on any atom is -0.263 e. The Labute approximate surface area is 119 Å². The van der Waals surface area contributed by atoms with E-state index in [1.807, 2.05) is 13.1 Å². The fraction of sp³-hybridized carbons (Fsp3) is 0.333. The maximum Gasteiger partial charge on any atom is 0.222 e. The van der Waals surface area contributed by atoms with E-state index in [0.29, 0.717) is 11.4 Å². The third kappa shape index (κ3) is 2.60. The topological polar surface area (TPSA) is 61.9 Å². The van der Waals surface area contributed by atoms with E-state index in [2.05, 4.69) is 37.0 Å². The maximum absolute atomic E-state index is 9.38. The van der Waals surface area contributed by atoms with Gasteiger partial charge in [-0.2, -0.15) is 5.26 Å². The molecule has 1 aromatic rings. The molecule has 6 heteroatoms. The highest BCUT2D eigenvalue weighted by atomic mass is 79.9. The van der Waals surface area contributed by atoms with Gasteiger partial charge >= 0.3 is 0 Å². The fourth-order valence-corrected chi connectivity index (χ4v) is 2.46. The summed E-state index contributed by atoms with van der Waals surface area (Å²) < 4.78 is 0.950. The molecule has 1 unspecified atom stereocenters. The van der Waals surface area contributed by atoms with E-state index in [-0.39, 0.29) is 5.28 Å². The monoisotopic (exact) mass is 324 g/mol. The van der Waals surface area contributed by atoms with Crippen molar-refractivity contribution < 1.29 is 0 Å². The molecule has 0 N–H and O–H groups in total. The van der Waals surface area contributed by atoms with Crippen molar-refractivity contribution in [2.45, 2.75) is 25.7 Å². The first-order valence-corrected chi connectivity index (χ1v) is 6.60. The van der Waals surface area contributed by atoms with Crippen LogP contribution in [-0.4, -0.2) is 16.2 Å². The van der Waals surface area contributed by atoms with Crippen molar-refractivity contribution in [3.63, 3.8) is 0 Å². The van der Waals surface area contributed by atoms with Crippen molar-refractivity contribution in [2.24, 2.45) is 4.99 Å². The predicted molar refractivity (Wildman–Crippen MR) is 73.8 cm³/mol. The zero-order chi connectivity index (χ0) is 13.1. The number of nitriles is 1. The molecule has 4 nitrogen and oxygen atoms in total. The SMILES string of the molecule is Cc1cnc(Cl)nc1C(C#N)C1=C(Br)CCC=N1. The van der Waals surface area contributed by atoms with Crippen molar-refractivity contribution in [3.05, 3.63) is 32.9 Å². The summed E-state index contributed by atoms with van der Waals surface area (Å²) in [5.74, 6) is -0.517. The Kier molecular flexibility index (Phi) is 4.10. The van der Waals surface area contributed by atoms with Crippen molar-refractivity contribution in [2.75, 3.05) is 0 Å². The lowest BCUT2D eigenvalue weighted by atomic mass is 9.97. The Hall–Kier alpha value is -1.25. The molecule has 0 bridgehead atoms. The lowest BCUT2D eigenvalue weighted by Crippen LogP contribution is -2.08. The molecule has 0 amide bonds. The average Bonchev–Trinajstić information content (AvgIpc) is 2.36. The molecule has 2 heterocycles. The Morgan fingerprint density at radius 1 is 1.56 bits per heavy atom. The number of aliphatic imine (C=N–C) groups is 1. The van der Waals surface area contributed by atoms with Gasteiger partial charge in [-0.15, -0.1) is 0 Å². The lowest BCUT2D eigenvalue weighted by Gasteiger charge is -2.16. The van der Waals surface area contributed by atoms with Crippen LogP contribution in [-0.2, 0) is 0 Å². The van der Waals surface area contributed by atoms with Gasteiger partial charge < -0.3 is 0 Å². The zero-order valence-corrected chi connectivity index (χ0v) is 12.0. The minimum atomic E-state index is -0.517. The Balaban J connectivity index is 2.50. The van der Waals surface area contributed by atoms with Crippen LogP contribution in [0.3, 0.4) is 0 Å². The largest absolute Gasteiger partial charge is 0.263 e. The number of hydrogen-bond acceptors (Lipinski definition) is 4. The molecule has 1 aromatic heterocycles. The van der Waals surface area contributed by atoms with Crippen molar-refractivity contribution in [3.8, 4) is 6.07 Å². The summed E-state index contributed by atoms with van der Waals surface area (Å²) in [5, 5.41) is 9.53. The highest BCUT2D eigenvalue weighted by Crippen LogP contribution is 2.34. The normalized spacial score (nSPS) is 16.6. The van der Waals surface area contributed by atoms with Gasteiger partial charge in [-0.3, -0.25) is 4.99 Å². The maximum atomic E-state index is 9.38. The lowest BCUT2D eigenvalue weighted by molar-refractivity contribution is 0.864. The van der Waals surface area contributed by atoms with E-state index in [9.17, 15) is 5.26 Å². The van der Waals surface area contributed by atoms with Gasteiger partial charge in [0.1, 0.15) is 5.92 Å². The van der Waals surface area contributed by atoms with Crippen LogP contribution in [0.2, 0.25) is 5.28 Å². The molecule has 0 spiro atoms. The second-order valence-corrected chi connectivity index (χ2v) is 5.21. The Bertz CT molecular complexity index is 574. The second-order valence-electron chi connectivity index (χ2n) is 3.91. The summed E-state index contributed by atoms with van der Waals surface area (Å²) in [6, 6.07) is 2.24. The average molecular weight is 326 g/mol. The molecule has 92 valence electrons. The van der Waals surface area contributed by atoms with Gasteiger partial charge in [0.05, 0.1) is 17.5 Å². The smallest absolute Gasteiger partial charge is 0.222 e. The number of allylic oxidation sites excluding steroid dienone is 2. The summed E-state index contributed by atoms with van der Waals surface area (Å²) >= 11 is 9.27. The summed E-state index contributed by atoms with van der Waals surface area (Å²) in [5.41, 5.74) is 2.16. The van der Waals surface area contributed by atoms with Crippen molar-refractivity contribution >= 4 is 33.7 Å². The van der Waals surface area contributed by atoms with Crippen LogP contribution in [0.25, 0.3) is 0 Å². The van der Waals surface area contributed by atoms with Gasteiger partial charge in [-0.1, -0.05) is 15.9 Å². The van der Waals surface area contributed by atoms with Gasteiger partial charge in [0.25, 0.3) is 0 Å². The van der Waals surface area contributed by atoms with Crippen molar-refractivity contribution in [1.29, 1.82) is 5.26 Å². The molecule has 1 aliphatic rings. The van der Waals surface area contributed by atoms with Crippen molar-refractivity contribution in [1.82, 2.24) is 9.97 Å². The molecule has 0 aromatic carbocycles.